The first kappa shape index (κ1) is 30.1. The number of rotatable bonds is 10. The van der Waals surface area contributed by atoms with Crippen LogP contribution in [-0.4, -0.2) is 68.8 Å². The quantitative estimate of drug-likeness (QED) is 0.317. The van der Waals surface area contributed by atoms with Crippen LogP contribution in [0.5, 0.6) is 0 Å². The van der Waals surface area contributed by atoms with Gasteiger partial charge < -0.3 is 20.8 Å². The third kappa shape index (κ3) is 10.4. The minimum Gasteiger partial charge on any atom is -0.475 e. The standard InChI is InChI=1S/C22H31F2N5O.C2HF3O2/c1-2-16(24)13-26-22-27-14-19(20-12-15(4-3-10-23)9-11-25-20)21(29-22)28-17-5-7-18(30)8-6-17;3-2(4,5)1(6)7/h9,11-12,14,16-18,30H,2-8,10,13H2,1H3,(H2,26,27,28,29);(H,6,7)/t16-,17?,18?;/m0./s1. The highest BCUT2D eigenvalue weighted by atomic mass is 19.4. The van der Waals surface area contributed by atoms with E-state index in [9.17, 15) is 27.1 Å². The van der Waals surface area contributed by atoms with E-state index in [0.717, 1.165) is 36.8 Å². The molecular formula is C24H32F5N5O3. The summed E-state index contributed by atoms with van der Waals surface area (Å²) in [5.74, 6) is -1.76. The molecule has 37 heavy (non-hydrogen) atoms. The Morgan fingerprint density at radius 2 is 1.89 bits per heavy atom. The van der Waals surface area contributed by atoms with Crippen LogP contribution >= 0.6 is 0 Å². The minimum absolute atomic E-state index is 0.155. The molecule has 13 heteroatoms. The van der Waals surface area contributed by atoms with Gasteiger partial charge in [-0.05, 0) is 62.6 Å². The van der Waals surface area contributed by atoms with E-state index >= 15 is 0 Å². The first-order valence-corrected chi connectivity index (χ1v) is 12.0. The van der Waals surface area contributed by atoms with Crippen LogP contribution in [0.4, 0.5) is 33.7 Å². The Kier molecular flexibility index (Phi) is 11.9. The number of pyridine rings is 1. The molecule has 1 saturated carbocycles. The molecule has 0 amide bonds. The molecule has 206 valence electrons. The minimum atomic E-state index is -5.08. The summed E-state index contributed by atoms with van der Waals surface area (Å²) < 4.78 is 57.9. The second kappa shape index (κ2) is 14.6. The number of carbonyl (C=O) groups is 1. The number of carboxylic acid groups (broad SMARTS) is 1. The molecule has 3 rings (SSSR count). The van der Waals surface area contributed by atoms with Gasteiger partial charge in [-0.3, -0.25) is 9.37 Å². The molecule has 2 aromatic heterocycles. The van der Waals surface area contributed by atoms with Crippen LogP contribution in [0.1, 0.15) is 51.0 Å². The van der Waals surface area contributed by atoms with Crippen molar-refractivity contribution in [3.05, 3.63) is 30.1 Å². The van der Waals surface area contributed by atoms with Crippen molar-refractivity contribution < 1.29 is 37.0 Å². The van der Waals surface area contributed by atoms with Gasteiger partial charge in [0.25, 0.3) is 0 Å². The van der Waals surface area contributed by atoms with Crippen LogP contribution in [0.15, 0.2) is 24.5 Å². The number of aromatic nitrogens is 3. The Labute approximate surface area is 211 Å². The Bertz CT molecular complexity index is 987. The molecule has 1 atom stereocenters. The van der Waals surface area contributed by atoms with E-state index in [2.05, 4.69) is 25.6 Å². The van der Waals surface area contributed by atoms with E-state index < -0.39 is 18.3 Å². The summed E-state index contributed by atoms with van der Waals surface area (Å²) in [5, 5.41) is 23.3. The number of hydrogen-bond acceptors (Lipinski definition) is 7. The summed E-state index contributed by atoms with van der Waals surface area (Å²) in [6.45, 7) is 1.60. The average molecular weight is 534 g/mol. The van der Waals surface area contributed by atoms with Gasteiger partial charge in [0.2, 0.25) is 5.95 Å². The number of halogens is 5. The highest BCUT2D eigenvalue weighted by Gasteiger charge is 2.38. The smallest absolute Gasteiger partial charge is 0.475 e. The van der Waals surface area contributed by atoms with Gasteiger partial charge in [0.1, 0.15) is 12.0 Å². The Morgan fingerprint density at radius 3 is 2.49 bits per heavy atom. The summed E-state index contributed by atoms with van der Waals surface area (Å²) in [6.07, 6.45) is 1.86. The maximum Gasteiger partial charge on any atom is 0.490 e. The summed E-state index contributed by atoms with van der Waals surface area (Å²) in [4.78, 5) is 22.3. The largest absolute Gasteiger partial charge is 0.490 e. The van der Waals surface area contributed by atoms with E-state index in [1.54, 1.807) is 19.3 Å². The predicted molar refractivity (Wildman–Crippen MR) is 129 cm³/mol. The lowest BCUT2D eigenvalue weighted by Gasteiger charge is -2.27. The lowest BCUT2D eigenvalue weighted by Crippen LogP contribution is -2.29. The lowest BCUT2D eigenvalue weighted by atomic mass is 9.93. The van der Waals surface area contributed by atoms with Crippen molar-refractivity contribution in [2.75, 3.05) is 23.9 Å². The first-order valence-electron chi connectivity index (χ1n) is 12.0. The van der Waals surface area contributed by atoms with E-state index in [1.807, 2.05) is 12.1 Å². The van der Waals surface area contributed by atoms with Crippen LogP contribution in [0, 0.1) is 0 Å². The maximum atomic E-state index is 13.6. The van der Waals surface area contributed by atoms with E-state index in [4.69, 9.17) is 9.90 Å². The number of aliphatic carboxylic acids is 1. The fourth-order valence-electron chi connectivity index (χ4n) is 3.57. The first-order chi connectivity index (χ1) is 17.5. The molecule has 2 aromatic rings. The number of aliphatic hydroxyl groups is 1. The summed E-state index contributed by atoms with van der Waals surface area (Å²) >= 11 is 0. The number of alkyl halides is 5. The summed E-state index contributed by atoms with van der Waals surface area (Å²) in [5.41, 5.74) is 2.48. The normalized spacial score (nSPS) is 18.4. The SMILES string of the molecule is CC[C@H](F)CNc1ncc(-c2cc(CCCF)ccn2)c(NC2CCC(O)CC2)n1.O=C(O)C(F)(F)F. The second-order valence-corrected chi connectivity index (χ2v) is 8.64. The maximum absolute atomic E-state index is 13.6. The molecule has 0 bridgehead atoms. The zero-order valence-electron chi connectivity index (χ0n) is 20.4. The number of nitrogens with one attached hydrogen (secondary N) is 2. The molecule has 2 heterocycles. The van der Waals surface area contributed by atoms with Crippen molar-refractivity contribution in [1.82, 2.24) is 15.0 Å². The Morgan fingerprint density at radius 1 is 1.22 bits per heavy atom. The van der Waals surface area contributed by atoms with Crippen LogP contribution in [0.2, 0.25) is 0 Å². The van der Waals surface area contributed by atoms with Gasteiger partial charge in [-0.15, -0.1) is 0 Å². The van der Waals surface area contributed by atoms with Crippen LogP contribution in [0.25, 0.3) is 11.3 Å². The molecule has 0 radical (unpaired) electrons. The van der Waals surface area contributed by atoms with Gasteiger partial charge in [-0.1, -0.05) is 6.92 Å². The van der Waals surface area contributed by atoms with Crippen molar-refractivity contribution in [1.29, 1.82) is 0 Å². The van der Waals surface area contributed by atoms with E-state index in [-0.39, 0.29) is 25.4 Å². The molecule has 1 fully saturated rings. The van der Waals surface area contributed by atoms with Crippen molar-refractivity contribution >= 4 is 17.7 Å². The molecule has 0 unspecified atom stereocenters. The monoisotopic (exact) mass is 533 g/mol. The molecule has 0 saturated heterocycles. The predicted octanol–water partition coefficient (Wildman–Crippen LogP) is 4.95. The van der Waals surface area contributed by atoms with Crippen LogP contribution in [-0.2, 0) is 11.2 Å². The third-order valence-corrected chi connectivity index (χ3v) is 5.69. The van der Waals surface area contributed by atoms with Gasteiger partial charge in [-0.2, -0.15) is 18.2 Å². The third-order valence-electron chi connectivity index (χ3n) is 5.69. The summed E-state index contributed by atoms with van der Waals surface area (Å²) in [6, 6.07) is 4.01. The molecule has 0 aromatic carbocycles. The highest BCUT2D eigenvalue weighted by Crippen LogP contribution is 2.29. The zero-order valence-corrected chi connectivity index (χ0v) is 20.4. The fraction of sp³-hybridized carbons (Fsp3) is 0.583. The number of aryl methyl sites for hydroxylation is 1. The number of nitrogens with zero attached hydrogens (tertiary/aromatic N) is 3. The number of anilines is 2. The Hall–Kier alpha value is -3.09. The van der Waals surface area contributed by atoms with Crippen LogP contribution in [0.3, 0.4) is 0 Å². The number of aliphatic hydroxyl groups excluding tert-OH is 1. The lowest BCUT2D eigenvalue weighted by molar-refractivity contribution is -0.192. The fourth-order valence-corrected chi connectivity index (χ4v) is 3.57. The molecular weight excluding hydrogens is 501 g/mol. The average Bonchev–Trinajstić information content (AvgIpc) is 2.87. The second-order valence-electron chi connectivity index (χ2n) is 8.64. The molecule has 8 nitrogen and oxygen atoms in total. The molecule has 4 N–H and O–H groups in total. The topological polar surface area (TPSA) is 120 Å². The van der Waals surface area contributed by atoms with Crippen LogP contribution < -0.4 is 10.6 Å². The van der Waals surface area contributed by atoms with Crippen molar-refractivity contribution in [3.63, 3.8) is 0 Å². The van der Waals surface area contributed by atoms with Gasteiger partial charge >= 0.3 is 12.1 Å². The van der Waals surface area contributed by atoms with Gasteiger partial charge in [0, 0.05) is 25.0 Å². The van der Waals surface area contributed by atoms with Crippen molar-refractivity contribution in [2.24, 2.45) is 0 Å². The molecule has 0 spiro atoms. The zero-order chi connectivity index (χ0) is 27.4. The summed E-state index contributed by atoms with van der Waals surface area (Å²) in [7, 11) is 0. The van der Waals surface area contributed by atoms with E-state index in [1.165, 1.54) is 0 Å². The van der Waals surface area contributed by atoms with E-state index in [0.29, 0.717) is 36.7 Å². The highest BCUT2D eigenvalue weighted by molar-refractivity contribution is 5.73. The molecule has 1 aliphatic carbocycles. The molecule has 0 aliphatic heterocycles. The number of carboxylic acids is 1. The van der Waals surface area contributed by atoms with Crippen molar-refractivity contribution in [3.8, 4) is 11.3 Å². The van der Waals surface area contributed by atoms with Gasteiger partial charge in [-0.25, -0.2) is 14.2 Å². The Balaban J connectivity index is 0.000000604. The van der Waals surface area contributed by atoms with Gasteiger partial charge in [0.05, 0.1) is 24.0 Å². The van der Waals surface area contributed by atoms with Crippen molar-refractivity contribution in [2.45, 2.75) is 76.4 Å². The number of hydrogen-bond donors (Lipinski definition) is 4. The molecule has 1 aliphatic rings. The van der Waals surface area contributed by atoms with Gasteiger partial charge in [0.15, 0.2) is 0 Å².